The minimum absolute atomic E-state index is 0.616. The maximum Gasteiger partial charge on any atom is 0.159 e. The Balaban J connectivity index is 3.01. The Hall–Kier alpha value is -0.640. The summed E-state index contributed by atoms with van der Waals surface area (Å²) in [4.78, 5) is 1.04. The zero-order valence-corrected chi connectivity index (χ0v) is 6.27. The first-order valence-corrected chi connectivity index (χ1v) is 3.79. The molecule has 0 saturated carbocycles. The van der Waals surface area contributed by atoms with Crippen LogP contribution in [-0.4, -0.2) is 16.0 Å². The molecule has 1 rings (SSSR count). The molecule has 0 saturated heterocycles. The lowest BCUT2D eigenvalue weighted by atomic mass is 10.7. The van der Waals surface area contributed by atoms with Gasteiger partial charge in [0.1, 0.15) is 0 Å². The van der Waals surface area contributed by atoms with E-state index in [4.69, 9.17) is 5.73 Å². The third kappa shape index (κ3) is 1.18. The molecule has 2 N–H and O–H groups in total. The molecule has 0 unspecified atom stereocenters. The Kier molecular flexibility index (Phi) is 1.66. The molecule has 0 aliphatic rings. The molecule has 0 fully saturated rings. The van der Waals surface area contributed by atoms with E-state index in [0.717, 1.165) is 4.90 Å². The molecule has 50 valence electrons. The molecule has 9 heavy (non-hydrogen) atoms. The Bertz CT molecular complexity index is 206. The fraction of sp³-hybridized carbons (Fsp3) is 0.400. The van der Waals surface area contributed by atoms with Gasteiger partial charge in [0.15, 0.2) is 5.82 Å². The Labute approximate surface area is 58.2 Å². The van der Waals surface area contributed by atoms with Crippen LogP contribution in [0.15, 0.2) is 11.1 Å². The van der Waals surface area contributed by atoms with E-state index in [9.17, 15) is 0 Å². The van der Waals surface area contributed by atoms with Gasteiger partial charge in [-0.2, -0.15) is 5.10 Å². The summed E-state index contributed by atoms with van der Waals surface area (Å²) < 4.78 is 1.71. The van der Waals surface area contributed by atoms with Crippen molar-refractivity contribution in [3.8, 4) is 0 Å². The number of anilines is 1. The summed E-state index contributed by atoms with van der Waals surface area (Å²) in [5.74, 6) is 0.616. The second-order valence-electron chi connectivity index (χ2n) is 1.76. The predicted octanol–water partition coefficient (Wildman–Crippen LogP) is 0.724. The van der Waals surface area contributed by atoms with E-state index in [0.29, 0.717) is 5.82 Å². The Morgan fingerprint density at radius 2 is 2.44 bits per heavy atom. The highest BCUT2D eigenvalue weighted by molar-refractivity contribution is 7.98. The number of aromatic nitrogens is 2. The van der Waals surface area contributed by atoms with Gasteiger partial charge in [0.25, 0.3) is 0 Å². The fourth-order valence-electron chi connectivity index (χ4n) is 0.641. The van der Waals surface area contributed by atoms with Crippen molar-refractivity contribution in [2.75, 3.05) is 12.0 Å². The first-order valence-electron chi connectivity index (χ1n) is 2.57. The molecule has 0 atom stereocenters. The summed E-state index contributed by atoms with van der Waals surface area (Å²) in [7, 11) is 1.86. The monoisotopic (exact) mass is 143 g/mol. The number of thioether (sulfide) groups is 1. The molecule has 1 heterocycles. The zero-order valence-electron chi connectivity index (χ0n) is 5.46. The predicted molar refractivity (Wildman–Crippen MR) is 39.4 cm³/mol. The first-order chi connectivity index (χ1) is 4.24. The third-order valence-corrected chi connectivity index (χ3v) is 1.80. The van der Waals surface area contributed by atoms with E-state index in [2.05, 4.69) is 5.10 Å². The van der Waals surface area contributed by atoms with Crippen LogP contribution in [0.5, 0.6) is 0 Å². The molecular formula is C5H9N3S. The summed E-state index contributed by atoms with van der Waals surface area (Å²) in [6, 6.07) is 0. The smallest absolute Gasteiger partial charge is 0.159 e. The van der Waals surface area contributed by atoms with Crippen LogP contribution in [0.4, 0.5) is 5.82 Å². The number of hydrogen-bond donors (Lipinski definition) is 1. The van der Waals surface area contributed by atoms with Gasteiger partial charge in [0.2, 0.25) is 0 Å². The third-order valence-electron chi connectivity index (χ3n) is 1.04. The second kappa shape index (κ2) is 2.31. The average Bonchev–Trinajstić information content (AvgIpc) is 2.10. The van der Waals surface area contributed by atoms with Crippen molar-refractivity contribution >= 4 is 17.6 Å². The number of aryl methyl sites for hydroxylation is 1. The highest BCUT2D eigenvalue weighted by Gasteiger charge is 1.99. The number of nitrogens with zero attached hydrogens (tertiary/aromatic N) is 2. The molecule has 1 aromatic heterocycles. The maximum absolute atomic E-state index is 5.50. The van der Waals surface area contributed by atoms with Gasteiger partial charge in [-0.15, -0.1) is 11.8 Å². The molecule has 0 bridgehead atoms. The van der Waals surface area contributed by atoms with Crippen molar-refractivity contribution in [1.29, 1.82) is 0 Å². The van der Waals surface area contributed by atoms with Gasteiger partial charge >= 0.3 is 0 Å². The molecule has 0 aliphatic carbocycles. The fourth-order valence-corrected chi connectivity index (χ4v) is 1.15. The number of nitrogen functional groups attached to an aromatic ring is 1. The summed E-state index contributed by atoms with van der Waals surface area (Å²) in [6.45, 7) is 0. The highest BCUT2D eigenvalue weighted by Crippen LogP contribution is 2.19. The minimum atomic E-state index is 0.616. The lowest BCUT2D eigenvalue weighted by molar-refractivity contribution is 0.770. The molecular weight excluding hydrogens is 134 g/mol. The van der Waals surface area contributed by atoms with Gasteiger partial charge in [-0.25, -0.2) is 0 Å². The summed E-state index contributed by atoms with van der Waals surface area (Å²) in [5.41, 5.74) is 5.50. The Morgan fingerprint density at radius 1 is 1.78 bits per heavy atom. The average molecular weight is 143 g/mol. The molecule has 3 nitrogen and oxygen atoms in total. The molecule has 4 heteroatoms. The van der Waals surface area contributed by atoms with Gasteiger partial charge in [0.05, 0.1) is 4.90 Å². The van der Waals surface area contributed by atoms with E-state index in [1.54, 1.807) is 16.4 Å². The summed E-state index contributed by atoms with van der Waals surface area (Å²) >= 11 is 1.61. The normalized spacial score (nSPS) is 10.0. The number of hydrogen-bond acceptors (Lipinski definition) is 3. The first kappa shape index (κ1) is 6.48. The SMILES string of the molecule is CSc1cn(C)nc1N. The number of nitrogens with two attached hydrogens (primary N) is 1. The van der Waals surface area contributed by atoms with E-state index in [-0.39, 0.29) is 0 Å². The van der Waals surface area contributed by atoms with Gasteiger partial charge in [0, 0.05) is 13.2 Å². The molecule has 0 amide bonds. The van der Waals surface area contributed by atoms with Crippen molar-refractivity contribution in [2.24, 2.45) is 7.05 Å². The number of rotatable bonds is 1. The van der Waals surface area contributed by atoms with Crippen LogP contribution in [0.2, 0.25) is 0 Å². The minimum Gasteiger partial charge on any atom is -0.381 e. The lowest BCUT2D eigenvalue weighted by Crippen LogP contribution is -1.90. The van der Waals surface area contributed by atoms with E-state index in [1.807, 2.05) is 19.5 Å². The topological polar surface area (TPSA) is 43.8 Å². The standard InChI is InChI=1S/C5H9N3S/c1-8-3-4(9-2)5(6)7-8/h3H,1-2H3,(H2,6,7). The zero-order chi connectivity index (χ0) is 6.85. The largest absolute Gasteiger partial charge is 0.381 e. The van der Waals surface area contributed by atoms with Crippen LogP contribution in [-0.2, 0) is 7.05 Å². The van der Waals surface area contributed by atoms with Crippen LogP contribution in [0, 0.1) is 0 Å². The maximum atomic E-state index is 5.50. The van der Waals surface area contributed by atoms with Crippen LogP contribution in [0.3, 0.4) is 0 Å². The van der Waals surface area contributed by atoms with Crippen LogP contribution in [0.1, 0.15) is 0 Å². The van der Waals surface area contributed by atoms with Crippen molar-refractivity contribution < 1.29 is 0 Å². The van der Waals surface area contributed by atoms with E-state index >= 15 is 0 Å². The molecule has 0 aromatic carbocycles. The van der Waals surface area contributed by atoms with Crippen LogP contribution in [0.25, 0.3) is 0 Å². The van der Waals surface area contributed by atoms with Crippen molar-refractivity contribution in [2.45, 2.75) is 4.90 Å². The van der Waals surface area contributed by atoms with E-state index in [1.165, 1.54) is 0 Å². The van der Waals surface area contributed by atoms with Crippen molar-refractivity contribution in [1.82, 2.24) is 9.78 Å². The Morgan fingerprint density at radius 3 is 2.67 bits per heavy atom. The molecule has 0 aliphatic heterocycles. The summed E-state index contributed by atoms with van der Waals surface area (Å²) in [5, 5.41) is 3.96. The van der Waals surface area contributed by atoms with Crippen LogP contribution >= 0.6 is 11.8 Å². The van der Waals surface area contributed by atoms with E-state index < -0.39 is 0 Å². The van der Waals surface area contributed by atoms with Gasteiger partial charge in [-0.1, -0.05) is 0 Å². The van der Waals surface area contributed by atoms with Gasteiger partial charge in [-0.05, 0) is 6.26 Å². The van der Waals surface area contributed by atoms with Crippen molar-refractivity contribution in [3.05, 3.63) is 6.20 Å². The summed E-state index contributed by atoms with van der Waals surface area (Å²) in [6.07, 6.45) is 3.88. The lowest BCUT2D eigenvalue weighted by Gasteiger charge is -1.85. The molecule has 0 radical (unpaired) electrons. The quantitative estimate of drug-likeness (QED) is 0.589. The highest BCUT2D eigenvalue weighted by atomic mass is 32.2. The van der Waals surface area contributed by atoms with Gasteiger partial charge in [-0.3, -0.25) is 4.68 Å². The van der Waals surface area contributed by atoms with Gasteiger partial charge < -0.3 is 5.73 Å². The molecule has 1 aromatic rings. The molecule has 0 spiro atoms. The van der Waals surface area contributed by atoms with Crippen molar-refractivity contribution in [3.63, 3.8) is 0 Å². The van der Waals surface area contributed by atoms with Crippen LogP contribution < -0.4 is 5.73 Å². The second-order valence-corrected chi connectivity index (χ2v) is 2.60.